The number of hydrogen-bond acceptors (Lipinski definition) is 6. The predicted molar refractivity (Wildman–Crippen MR) is 117 cm³/mol. The van der Waals surface area contributed by atoms with Crippen molar-refractivity contribution in [3.8, 4) is 0 Å². The summed E-state index contributed by atoms with van der Waals surface area (Å²) in [6.45, 7) is -0.466. The number of ether oxygens (including phenoxy) is 1. The molecule has 8 heteroatoms. The summed E-state index contributed by atoms with van der Waals surface area (Å²) >= 11 is 0. The minimum Gasteiger partial charge on any atom is -0.467 e. The van der Waals surface area contributed by atoms with E-state index in [1.807, 2.05) is 18.2 Å². The van der Waals surface area contributed by atoms with Crippen LogP contribution in [-0.4, -0.2) is 35.2 Å². The summed E-state index contributed by atoms with van der Waals surface area (Å²) in [5, 5.41) is 2.73. The molecule has 3 aromatic rings. The van der Waals surface area contributed by atoms with Gasteiger partial charge in [-0.3, -0.25) is 19.3 Å². The number of fused-ring (bicyclic) bond motifs is 2. The molecule has 1 aliphatic heterocycles. The maximum Gasteiger partial charge on any atom is 0.338 e. The fourth-order valence-electron chi connectivity index (χ4n) is 4.18. The van der Waals surface area contributed by atoms with Crippen LogP contribution in [0.25, 0.3) is 0 Å². The number of benzene rings is 2. The third-order valence-electron chi connectivity index (χ3n) is 5.82. The van der Waals surface area contributed by atoms with Crippen molar-refractivity contribution in [2.75, 3.05) is 11.9 Å². The Morgan fingerprint density at radius 1 is 0.970 bits per heavy atom. The van der Waals surface area contributed by atoms with Crippen LogP contribution in [0.1, 0.15) is 54.4 Å². The highest BCUT2D eigenvalue weighted by Gasteiger charge is 2.36. The van der Waals surface area contributed by atoms with Gasteiger partial charge in [0.15, 0.2) is 6.61 Å². The lowest BCUT2D eigenvalue weighted by atomic mass is 10.1. The second-order valence-corrected chi connectivity index (χ2v) is 8.00. The van der Waals surface area contributed by atoms with Crippen LogP contribution in [0.4, 0.5) is 5.69 Å². The average molecular weight is 444 g/mol. The van der Waals surface area contributed by atoms with E-state index in [2.05, 4.69) is 5.32 Å². The van der Waals surface area contributed by atoms with Crippen molar-refractivity contribution in [2.24, 2.45) is 0 Å². The molecule has 33 heavy (non-hydrogen) atoms. The quantitative estimate of drug-likeness (QED) is 0.462. The largest absolute Gasteiger partial charge is 0.467 e. The molecule has 0 saturated heterocycles. The van der Waals surface area contributed by atoms with Gasteiger partial charge in [-0.2, -0.15) is 0 Å². The van der Waals surface area contributed by atoms with Crippen molar-refractivity contribution < 1.29 is 28.3 Å². The number of rotatable bonds is 6. The molecule has 8 nitrogen and oxygen atoms in total. The normalized spacial score (nSPS) is 14.2. The molecule has 0 radical (unpaired) electrons. The van der Waals surface area contributed by atoms with Gasteiger partial charge in [0.1, 0.15) is 5.76 Å². The topological polar surface area (TPSA) is 106 Å². The highest BCUT2D eigenvalue weighted by atomic mass is 16.5. The molecule has 2 aromatic carbocycles. The van der Waals surface area contributed by atoms with E-state index in [1.54, 1.807) is 12.1 Å². The molecule has 0 saturated carbocycles. The summed E-state index contributed by atoms with van der Waals surface area (Å²) < 4.78 is 10.3. The highest BCUT2D eigenvalue weighted by molar-refractivity contribution is 6.21. The standard InChI is InChI=1S/C25H20N2O6/c28-22(26-18-8-6-15-3-1-4-16(15)11-18)14-33-25(31)17-7-9-20-21(12-17)24(30)27(23(20)29)13-19-5-2-10-32-19/h2,5-12H,1,3-4,13-14H2,(H,26,28). The molecule has 166 valence electrons. The number of imide groups is 1. The summed E-state index contributed by atoms with van der Waals surface area (Å²) in [4.78, 5) is 51.0. The average Bonchev–Trinajstić information content (AvgIpc) is 3.55. The molecule has 2 heterocycles. The Morgan fingerprint density at radius 2 is 1.79 bits per heavy atom. The molecule has 0 bridgehead atoms. The smallest absolute Gasteiger partial charge is 0.338 e. The van der Waals surface area contributed by atoms with Crippen LogP contribution in [0.15, 0.2) is 59.2 Å². The van der Waals surface area contributed by atoms with Crippen LogP contribution in [0, 0.1) is 0 Å². The van der Waals surface area contributed by atoms with Crippen LogP contribution in [-0.2, 0) is 28.9 Å². The molecule has 0 fully saturated rings. The number of esters is 1. The zero-order valence-corrected chi connectivity index (χ0v) is 17.6. The summed E-state index contributed by atoms with van der Waals surface area (Å²) in [5.41, 5.74) is 3.59. The maximum atomic E-state index is 12.7. The van der Waals surface area contributed by atoms with Crippen molar-refractivity contribution in [3.63, 3.8) is 0 Å². The van der Waals surface area contributed by atoms with Gasteiger partial charge >= 0.3 is 5.97 Å². The van der Waals surface area contributed by atoms with Crippen molar-refractivity contribution >= 4 is 29.4 Å². The van der Waals surface area contributed by atoms with Gasteiger partial charge < -0.3 is 14.5 Å². The molecular weight excluding hydrogens is 424 g/mol. The lowest BCUT2D eigenvalue weighted by Gasteiger charge is -2.11. The van der Waals surface area contributed by atoms with Crippen LogP contribution < -0.4 is 5.32 Å². The Morgan fingerprint density at radius 3 is 2.61 bits per heavy atom. The van der Waals surface area contributed by atoms with E-state index in [0.29, 0.717) is 11.4 Å². The van der Waals surface area contributed by atoms with Gasteiger partial charge in [0.2, 0.25) is 0 Å². The fraction of sp³-hybridized carbons (Fsp3) is 0.200. The Kier molecular flexibility index (Phi) is 5.26. The first-order valence-corrected chi connectivity index (χ1v) is 10.6. The Bertz CT molecular complexity index is 1280. The zero-order valence-electron chi connectivity index (χ0n) is 17.6. The third kappa shape index (κ3) is 4.03. The number of aryl methyl sites for hydroxylation is 2. The van der Waals surface area contributed by atoms with E-state index < -0.39 is 30.3 Å². The first kappa shape index (κ1) is 20.7. The number of nitrogens with zero attached hydrogens (tertiary/aromatic N) is 1. The molecule has 0 atom stereocenters. The number of nitrogens with one attached hydrogen (secondary N) is 1. The van der Waals surface area contributed by atoms with Gasteiger partial charge in [-0.25, -0.2) is 4.79 Å². The summed E-state index contributed by atoms with van der Waals surface area (Å²) in [5.74, 6) is -1.72. The Labute approximate surface area is 189 Å². The molecule has 0 unspecified atom stereocenters. The maximum absolute atomic E-state index is 12.7. The molecule has 1 aromatic heterocycles. The van der Waals surface area contributed by atoms with E-state index in [1.165, 1.54) is 35.6 Å². The summed E-state index contributed by atoms with van der Waals surface area (Å²) in [6, 6.07) is 13.3. The van der Waals surface area contributed by atoms with Gasteiger partial charge in [0.25, 0.3) is 17.7 Å². The summed E-state index contributed by atoms with van der Waals surface area (Å²) in [6.07, 6.45) is 4.62. The lowest BCUT2D eigenvalue weighted by molar-refractivity contribution is -0.119. The van der Waals surface area contributed by atoms with Crippen LogP contribution >= 0.6 is 0 Å². The highest BCUT2D eigenvalue weighted by Crippen LogP contribution is 2.27. The number of hydrogen-bond donors (Lipinski definition) is 1. The minimum atomic E-state index is -0.758. The second kappa shape index (κ2) is 8.38. The fourth-order valence-corrected chi connectivity index (χ4v) is 4.18. The molecule has 3 amide bonds. The Hall–Kier alpha value is -4.20. The van der Waals surface area contributed by atoms with Gasteiger partial charge in [-0.1, -0.05) is 6.07 Å². The van der Waals surface area contributed by atoms with E-state index in [9.17, 15) is 19.2 Å². The molecular formula is C25H20N2O6. The molecule has 5 rings (SSSR count). The number of carbonyl (C=O) groups is 4. The van der Waals surface area contributed by atoms with Crippen LogP contribution in [0.2, 0.25) is 0 Å². The van der Waals surface area contributed by atoms with E-state index >= 15 is 0 Å². The predicted octanol–water partition coefficient (Wildman–Crippen LogP) is 3.36. The first-order valence-electron chi connectivity index (χ1n) is 10.6. The SMILES string of the molecule is O=C(COC(=O)c1ccc2c(c1)C(=O)N(Cc1ccco1)C2=O)Nc1ccc2c(c1)CCC2. The summed E-state index contributed by atoms with van der Waals surface area (Å²) in [7, 11) is 0. The van der Waals surface area contributed by atoms with Crippen LogP contribution in [0.5, 0.6) is 0 Å². The van der Waals surface area contributed by atoms with E-state index in [-0.39, 0.29) is 23.2 Å². The molecule has 1 aliphatic carbocycles. The molecule has 2 aliphatic rings. The monoisotopic (exact) mass is 444 g/mol. The number of furan rings is 1. The number of anilines is 1. The second-order valence-electron chi connectivity index (χ2n) is 8.00. The molecule has 1 N–H and O–H groups in total. The first-order chi connectivity index (χ1) is 16.0. The van der Waals surface area contributed by atoms with Crippen molar-refractivity contribution in [3.05, 3.63) is 88.4 Å². The lowest BCUT2D eigenvalue weighted by Crippen LogP contribution is -2.28. The Balaban J connectivity index is 1.21. The zero-order chi connectivity index (χ0) is 22.9. The van der Waals surface area contributed by atoms with Gasteiger partial charge in [-0.05, 0) is 72.9 Å². The molecule has 0 spiro atoms. The van der Waals surface area contributed by atoms with Crippen molar-refractivity contribution in [1.29, 1.82) is 0 Å². The van der Waals surface area contributed by atoms with Gasteiger partial charge in [-0.15, -0.1) is 0 Å². The van der Waals surface area contributed by atoms with Gasteiger partial charge in [0.05, 0.1) is 29.5 Å². The minimum absolute atomic E-state index is 0.00198. The van der Waals surface area contributed by atoms with Crippen LogP contribution in [0.3, 0.4) is 0 Å². The number of amides is 3. The van der Waals surface area contributed by atoms with Crippen molar-refractivity contribution in [1.82, 2.24) is 4.90 Å². The third-order valence-corrected chi connectivity index (χ3v) is 5.82. The van der Waals surface area contributed by atoms with Gasteiger partial charge in [0, 0.05) is 5.69 Å². The van der Waals surface area contributed by atoms with E-state index in [0.717, 1.165) is 24.2 Å². The van der Waals surface area contributed by atoms with E-state index in [4.69, 9.17) is 9.15 Å². The van der Waals surface area contributed by atoms with Crippen molar-refractivity contribution in [2.45, 2.75) is 25.8 Å². The number of carbonyl (C=O) groups excluding carboxylic acids is 4.